The van der Waals surface area contributed by atoms with E-state index in [-0.39, 0.29) is 19.1 Å². The average Bonchev–Trinajstić information content (AvgIpc) is 3.21. The summed E-state index contributed by atoms with van der Waals surface area (Å²) in [6, 6.07) is -0.329. The van der Waals surface area contributed by atoms with Gasteiger partial charge in [-0.1, -0.05) is 0 Å². The number of likely N-dealkylation sites (N-methyl/N-ethyl adjacent to an activating group) is 1. The van der Waals surface area contributed by atoms with E-state index < -0.39 is 11.6 Å². The van der Waals surface area contributed by atoms with Crippen LogP contribution in [0, 0.1) is 5.92 Å². The van der Waals surface area contributed by atoms with E-state index in [4.69, 9.17) is 9.84 Å². The van der Waals surface area contributed by atoms with Gasteiger partial charge in [-0.15, -0.1) is 0 Å². The molecule has 1 heterocycles. The molecule has 7 heteroatoms. The highest BCUT2D eigenvalue weighted by molar-refractivity contribution is 5.80. The molecule has 2 amide bonds. The van der Waals surface area contributed by atoms with Crippen LogP contribution in [0.15, 0.2) is 0 Å². The van der Waals surface area contributed by atoms with Gasteiger partial charge in [0.15, 0.2) is 0 Å². The van der Waals surface area contributed by atoms with E-state index in [0.29, 0.717) is 38.5 Å². The molecule has 2 N–H and O–H groups in total. The van der Waals surface area contributed by atoms with Gasteiger partial charge in [-0.05, 0) is 18.8 Å². The highest BCUT2D eigenvalue weighted by Crippen LogP contribution is 2.30. The van der Waals surface area contributed by atoms with Gasteiger partial charge in [0, 0.05) is 39.6 Å². The average molecular weight is 300 g/mol. The Hall–Kier alpha value is -1.34. The smallest absolute Gasteiger partial charge is 0.323 e. The number of carbonyl (C=O) groups excluding carboxylic acids is 1. The number of ether oxygens (including phenoxy) is 1. The van der Waals surface area contributed by atoms with Crippen molar-refractivity contribution in [3.8, 4) is 0 Å². The van der Waals surface area contributed by atoms with E-state index in [1.807, 2.05) is 0 Å². The zero-order chi connectivity index (χ0) is 15.5. The summed E-state index contributed by atoms with van der Waals surface area (Å²) in [5.41, 5.74) is -0.933. The normalized spacial score (nSPS) is 20.9. The van der Waals surface area contributed by atoms with Crippen molar-refractivity contribution >= 4 is 12.0 Å². The molecule has 0 unspecified atom stereocenters. The van der Waals surface area contributed by atoms with Crippen molar-refractivity contribution in [3.05, 3.63) is 0 Å². The number of aliphatic hydroxyl groups is 1. The lowest BCUT2D eigenvalue weighted by Crippen LogP contribution is -2.52. The molecule has 120 valence electrons. The maximum absolute atomic E-state index is 12.4. The third-order valence-corrected chi connectivity index (χ3v) is 4.05. The molecule has 0 aromatic carbocycles. The minimum Gasteiger partial charge on any atom is -0.480 e. The van der Waals surface area contributed by atoms with Crippen LogP contribution in [-0.2, 0) is 9.53 Å². The Morgan fingerprint density at radius 3 is 2.43 bits per heavy atom. The largest absolute Gasteiger partial charge is 0.480 e. The van der Waals surface area contributed by atoms with Crippen LogP contribution < -0.4 is 0 Å². The van der Waals surface area contributed by atoms with Crippen molar-refractivity contribution in [1.29, 1.82) is 0 Å². The topological polar surface area (TPSA) is 90.3 Å². The van der Waals surface area contributed by atoms with Crippen LogP contribution >= 0.6 is 0 Å². The summed E-state index contributed by atoms with van der Waals surface area (Å²) >= 11 is 0. The lowest BCUT2D eigenvalue weighted by Gasteiger charge is -2.37. The zero-order valence-electron chi connectivity index (χ0n) is 12.5. The van der Waals surface area contributed by atoms with Crippen molar-refractivity contribution < 1.29 is 24.5 Å². The third kappa shape index (κ3) is 4.86. The molecule has 0 spiro atoms. The molecule has 0 aromatic heterocycles. The summed E-state index contributed by atoms with van der Waals surface area (Å²) < 4.78 is 5.22. The number of carboxylic acids is 1. The number of urea groups is 1. The van der Waals surface area contributed by atoms with E-state index in [2.05, 4.69) is 0 Å². The van der Waals surface area contributed by atoms with Gasteiger partial charge in [-0.3, -0.25) is 4.79 Å². The molecular weight excluding hydrogens is 276 g/mol. The monoisotopic (exact) mass is 300 g/mol. The Morgan fingerprint density at radius 1 is 1.29 bits per heavy atom. The number of carbonyl (C=O) groups is 2. The molecule has 1 aliphatic heterocycles. The standard InChI is InChI=1S/C14H24N2O5/c1-15(10-14(20)4-6-21-7-5-14)13(19)16(9-12(17)18)8-11-2-3-11/h11,20H,2-10H2,1H3,(H,17,18). The van der Waals surface area contributed by atoms with Gasteiger partial charge in [-0.2, -0.15) is 0 Å². The summed E-state index contributed by atoms with van der Waals surface area (Å²) in [4.78, 5) is 26.1. The Bertz CT molecular complexity index is 391. The zero-order valence-corrected chi connectivity index (χ0v) is 12.5. The predicted molar refractivity (Wildman–Crippen MR) is 75.0 cm³/mol. The highest BCUT2D eigenvalue weighted by Gasteiger charge is 2.35. The summed E-state index contributed by atoms with van der Waals surface area (Å²) in [7, 11) is 1.61. The fraction of sp³-hybridized carbons (Fsp3) is 0.857. The lowest BCUT2D eigenvalue weighted by molar-refractivity contribution is -0.137. The summed E-state index contributed by atoms with van der Waals surface area (Å²) in [6.45, 7) is 1.37. The first kappa shape index (κ1) is 16.0. The maximum Gasteiger partial charge on any atom is 0.323 e. The second kappa shape index (κ2) is 6.62. The van der Waals surface area contributed by atoms with Crippen LogP contribution in [-0.4, -0.2) is 77.5 Å². The molecule has 2 aliphatic rings. The molecule has 1 saturated heterocycles. The second-order valence-electron chi connectivity index (χ2n) is 6.19. The number of hydrogen-bond acceptors (Lipinski definition) is 4. The number of aliphatic carboxylic acids is 1. The molecular formula is C14H24N2O5. The highest BCUT2D eigenvalue weighted by atomic mass is 16.5. The third-order valence-electron chi connectivity index (χ3n) is 4.05. The fourth-order valence-electron chi connectivity index (χ4n) is 2.65. The predicted octanol–water partition coefficient (Wildman–Crippen LogP) is 0.376. The van der Waals surface area contributed by atoms with Crippen molar-refractivity contribution in [1.82, 2.24) is 9.80 Å². The SMILES string of the molecule is CN(CC1(O)CCOCC1)C(=O)N(CC(=O)O)CC1CC1. The van der Waals surface area contributed by atoms with Crippen LogP contribution in [0.1, 0.15) is 25.7 Å². The quantitative estimate of drug-likeness (QED) is 0.740. The molecule has 1 aliphatic carbocycles. The number of amides is 2. The molecule has 7 nitrogen and oxygen atoms in total. The molecule has 21 heavy (non-hydrogen) atoms. The first-order chi connectivity index (χ1) is 9.89. The van der Waals surface area contributed by atoms with Crippen LogP contribution in [0.2, 0.25) is 0 Å². The number of nitrogens with zero attached hydrogens (tertiary/aromatic N) is 2. The molecule has 1 saturated carbocycles. The van der Waals surface area contributed by atoms with Crippen LogP contribution in [0.25, 0.3) is 0 Å². The van der Waals surface area contributed by atoms with E-state index in [1.54, 1.807) is 7.05 Å². The van der Waals surface area contributed by atoms with Gasteiger partial charge in [0.1, 0.15) is 6.54 Å². The van der Waals surface area contributed by atoms with Crippen molar-refractivity contribution in [2.24, 2.45) is 5.92 Å². The minimum absolute atomic E-state index is 0.204. The summed E-state index contributed by atoms with van der Waals surface area (Å²) in [5.74, 6) is -0.588. The lowest BCUT2D eigenvalue weighted by atomic mass is 9.94. The molecule has 0 bridgehead atoms. The van der Waals surface area contributed by atoms with E-state index in [9.17, 15) is 14.7 Å². The number of hydrogen-bond donors (Lipinski definition) is 2. The van der Waals surface area contributed by atoms with E-state index in [1.165, 1.54) is 9.80 Å². The fourth-order valence-corrected chi connectivity index (χ4v) is 2.65. The van der Waals surface area contributed by atoms with Crippen molar-refractivity contribution in [3.63, 3.8) is 0 Å². The van der Waals surface area contributed by atoms with Crippen LogP contribution in [0.3, 0.4) is 0 Å². The van der Waals surface area contributed by atoms with Gasteiger partial charge in [-0.25, -0.2) is 4.79 Å². The van der Waals surface area contributed by atoms with Gasteiger partial charge >= 0.3 is 12.0 Å². The first-order valence-corrected chi connectivity index (χ1v) is 7.41. The molecule has 0 atom stereocenters. The molecule has 0 radical (unpaired) electrons. The Morgan fingerprint density at radius 2 is 1.90 bits per heavy atom. The Kier molecular flexibility index (Phi) is 5.05. The van der Waals surface area contributed by atoms with Crippen molar-refractivity contribution in [2.45, 2.75) is 31.3 Å². The minimum atomic E-state index is -1.01. The maximum atomic E-state index is 12.4. The van der Waals surface area contributed by atoms with Crippen molar-refractivity contribution in [2.75, 3.05) is 39.9 Å². The summed E-state index contributed by atoms with van der Waals surface area (Å²) in [5, 5.41) is 19.4. The number of rotatable bonds is 6. The summed E-state index contributed by atoms with van der Waals surface area (Å²) in [6.07, 6.45) is 3.08. The van der Waals surface area contributed by atoms with Gasteiger partial charge in [0.2, 0.25) is 0 Å². The van der Waals surface area contributed by atoms with E-state index >= 15 is 0 Å². The van der Waals surface area contributed by atoms with E-state index in [0.717, 1.165) is 12.8 Å². The Balaban J connectivity index is 1.92. The van der Waals surface area contributed by atoms with Gasteiger partial charge < -0.3 is 24.7 Å². The second-order valence-corrected chi connectivity index (χ2v) is 6.19. The van der Waals surface area contributed by atoms with Gasteiger partial charge in [0.05, 0.1) is 12.1 Å². The Labute approximate surface area is 124 Å². The molecule has 0 aromatic rings. The van der Waals surface area contributed by atoms with Crippen LogP contribution in [0.4, 0.5) is 4.79 Å². The molecule has 2 fully saturated rings. The number of carboxylic acid groups (broad SMARTS) is 1. The van der Waals surface area contributed by atoms with Gasteiger partial charge in [0.25, 0.3) is 0 Å². The van der Waals surface area contributed by atoms with Crippen LogP contribution in [0.5, 0.6) is 0 Å². The molecule has 2 rings (SSSR count). The first-order valence-electron chi connectivity index (χ1n) is 7.41.